The molecule has 1 aromatic rings. The van der Waals surface area contributed by atoms with Crippen molar-refractivity contribution in [3.8, 4) is 0 Å². The molecule has 0 radical (unpaired) electrons. The van der Waals surface area contributed by atoms with E-state index in [9.17, 15) is 0 Å². The van der Waals surface area contributed by atoms with Gasteiger partial charge in [0.25, 0.3) is 0 Å². The summed E-state index contributed by atoms with van der Waals surface area (Å²) in [7, 11) is 4.04. The zero-order chi connectivity index (χ0) is 11.6. The molecule has 86 valence electrons. The lowest BCUT2D eigenvalue weighted by Crippen LogP contribution is -2.24. The van der Waals surface area contributed by atoms with Crippen LogP contribution in [-0.4, -0.2) is 16.8 Å². The molecule has 3 heteroatoms. The van der Waals surface area contributed by atoms with Crippen molar-refractivity contribution in [2.45, 2.75) is 40.2 Å². The molecule has 1 aromatic heterocycles. The van der Waals surface area contributed by atoms with Crippen molar-refractivity contribution in [1.29, 1.82) is 0 Å². The van der Waals surface area contributed by atoms with Crippen LogP contribution in [0.4, 0.5) is 0 Å². The van der Waals surface area contributed by atoms with Crippen LogP contribution in [0.15, 0.2) is 0 Å². The molecule has 0 aromatic carbocycles. The molecule has 2 unspecified atom stereocenters. The number of aryl methyl sites for hydroxylation is 2. The van der Waals surface area contributed by atoms with Crippen molar-refractivity contribution < 1.29 is 0 Å². The van der Waals surface area contributed by atoms with Crippen LogP contribution in [0.25, 0.3) is 0 Å². The summed E-state index contributed by atoms with van der Waals surface area (Å²) in [6, 6.07) is 0.420. The third-order valence-electron chi connectivity index (χ3n) is 3.40. The third kappa shape index (κ3) is 2.23. The van der Waals surface area contributed by atoms with Gasteiger partial charge in [-0.25, -0.2) is 0 Å². The number of hydrogen-bond acceptors (Lipinski definition) is 2. The van der Waals surface area contributed by atoms with Crippen LogP contribution < -0.4 is 5.32 Å². The molecule has 0 saturated carbocycles. The highest BCUT2D eigenvalue weighted by atomic mass is 15.3. The van der Waals surface area contributed by atoms with E-state index in [0.29, 0.717) is 12.0 Å². The first-order chi connectivity index (χ1) is 7.02. The van der Waals surface area contributed by atoms with Crippen LogP contribution in [-0.2, 0) is 7.05 Å². The van der Waals surface area contributed by atoms with Gasteiger partial charge in [-0.2, -0.15) is 5.10 Å². The van der Waals surface area contributed by atoms with Gasteiger partial charge in [-0.3, -0.25) is 4.68 Å². The molecule has 0 spiro atoms. The summed E-state index contributed by atoms with van der Waals surface area (Å²) in [5.41, 5.74) is 3.79. The van der Waals surface area contributed by atoms with E-state index in [1.807, 2.05) is 18.8 Å². The van der Waals surface area contributed by atoms with Crippen molar-refractivity contribution >= 4 is 0 Å². The average Bonchev–Trinajstić information content (AvgIpc) is 2.45. The van der Waals surface area contributed by atoms with E-state index < -0.39 is 0 Å². The van der Waals surface area contributed by atoms with Gasteiger partial charge in [-0.1, -0.05) is 20.3 Å². The molecule has 1 heterocycles. The van der Waals surface area contributed by atoms with Crippen LogP contribution in [0, 0.1) is 19.8 Å². The maximum Gasteiger partial charge on any atom is 0.0644 e. The zero-order valence-electron chi connectivity index (χ0n) is 10.8. The largest absolute Gasteiger partial charge is 0.313 e. The van der Waals surface area contributed by atoms with Crippen LogP contribution in [0.5, 0.6) is 0 Å². The molecule has 0 fully saturated rings. The Kier molecular flexibility index (Phi) is 3.91. The highest BCUT2D eigenvalue weighted by Gasteiger charge is 2.22. The van der Waals surface area contributed by atoms with Crippen LogP contribution in [0.2, 0.25) is 0 Å². The number of rotatable bonds is 4. The fraction of sp³-hybridized carbons (Fsp3) is 0.750. The fourth-order valence-electron chi connectivity index (χ4n) is 2.19. The van der Waals surface area contributed by atoms with Gasteiger partial charge in [0.2, 0.25) is 0 Å². The number of hydrogen-bond donors (Lipinski definition) is 1. The standard InChI is InChI=1S/C12H23N3/c1-7-8(2)12(13-5)11-9(3)14-15(6)10(11)4/h8,12-13H,7H2,1-6H3. The molecule has 2 atom stereocenters. The molecule has 0 aliphatic rings. The highest BCUT2D eigenvalue weighted by molar-refractivity contribution is 5.28. The van der Waals surface area contributed by atoms with Crippen molar-refractivity contribution in [3.05, 3.63) is 17.0 Å². The summed E-state index contributed by atoms with van der Waals surface area (Å²) in [4.78, 5) is 0. The molecule has 15 heavy (non-hydrogen) atoms. The van der Waals surface area contributed by atoms with Crippen molar-refractivity contribution in [3.63, 3.8) is 0 Å². The lowest BCUT2D eigenvalue weighted by molar-refractivity contribution is 0.397. The normalized spacial score (nSPS) is 15.3. The summed E-state index contributed by atoms with van der Waals surface area (Å²) in [5.74, 6) is 0.636. The second-order valence-electron chi connectivity index (χ2n) is 4.36. The molecule has 1 N–H and O–H groups in total. The predicted octanol–water partition coefficient (Wildman–Crippen LogP) is 2.34. The monoisotopic (exact) mass is 209 g/mol. The van der Waals surface area contributed by atoms with E-state index in [1.54, 1.807) is 0 Å². The minimum atomic E-state index is 0.420. The van der Waals surface area contributed by atoms with Gasteiger partial charge in [0.1, 0.15) is 0 Å². The van der Waals surface area contributed by atoms with Gasteiger partial charge in [-0.05, 0) is 26.8 Å². The summed E-state index contributed by atoms with van der Waals surface area (Å²) in [6.07, 6.45) is 1.18. The van der Waals surface area contributed by atoms with Crippen molar-refractivity contribution in [2.75, 3.05) is 7.05 Å². The minimum Gasteiger partial charge on any atom is -0.313 e. The smallest absolute Gasteiger partial charge is 0.0644 e. The fourth-order valence-corrected chi connectivity index (χ4v) is 2.19. The van der Waals surface area contributed by atoms with Gasteiger partial charge in [-0.15, -0.1) is 0 Å². The number of nitrogens with zero attached hydrogens (tertiary/aromatic N) is 2. The molecule has 1 rings (SSSR count). The maximum atomic E-state index is 4.47. The lowest BCUT2D eigenvalue weighted by Gasteiger charge is -2.23. The Balaban J connectivity index is 3.11. The first-order valence-corrected chi connectivity index (χ1v) is 5.70. The van der Waals surface area contributed by atoms with E-state index >= 15 is 0 Å². The van der Waals surface area contributed by atoms with Gasteiger partial charge in [0.05, 0.1) is 5.69 Å². The molecule has 0 aliphatic carbocycles. The SMILES string of the molecule is CCC(C)C(NC)c1c(C)nn(C)c1C. The summed E-state index contributed by atoms with van der Waals surface area (Å²) in [5, 5.41) is 7.88. The Morgan fingerprint density at radius 2 is 2.00 bits per heavy atom. The Morgan fingerprint density at radius 3 is 2.33 bits per heavy atom. The number of nitrogens with one attached hydrogen (secondary N) is 1. The molecule has 0 aliphatic heterocycles. The number of aromatic nitrogens is 2. The van der Waals surface area contributed by atoms with Gasteiger partial charge in [0, 0.05) is 24.3 Å². The van der Waals surface area contributed by atoms with Gasteiger partial charge in [0.15, 0.2) is 0 Å². The van der Waals surface area contributed by atoms with Gasteiger partial charge >= 0.3 is 0 Å². The Bertz CT molecular complexity index is 328. The molecule has 3 nitrogen and oxygen atoms in total. The van der Waals surface area contributed by atoms with E-state index in [0.717, 1.165) is 5.69 Å². The van der Waals surface area contributed by atoms with Gasteiger partial charge < -0.3 is 5.32 Å². The second kappa shape index (κ2) is 4.79. The Morgan fingerprint density at radius 1 is 1.40 bits per heavy atom. The molecule has 0 saturated heterocycles. The second-order valence-corrected chi connectivity index (χ2v) is 4.36. The quantitative estimate of drug-likeness (QED) is 0.825. The lowest BCUT2D eigenvalue weighted by atomic mass is 9.91. The molecular weight excluding hydrogens is 186 g/mol. The van der Waals surface area contributed by atoms with E-state index in [-0.39, 0.29) is 0 Å². The summed E-state index contributed by atoms with van der Waals surface area (Å²) < 4.78 is 1.97. The summed E-state index contributed by atoms with van der Waals surface area (Å²) in [6.45, 7) is 8.75. The predicted molar refractivity (Wildman–Crippen MR) is 63.9 cm³/mol. The zero-order valence-corrected chi connectivity index (χ0v) is 10.8. The van der Waals surface area contributed by atoms with Crippen LogP contribution in [0.1, 0.15) is 43.3 Å². The highest BCUT2D eigenvalue weighted by Crippen LogP contribution is 2.28. The van der Waals surface area contributed by atoms with E-state index in [1.165, 1.54) is 17.7 Å². The van der Waals surface area contributed by atoms with E-state index in [2.05, 4.69) is 38.1 Å². The first-order valence-electron chi connectivity index (χ1n) is 5.70. The average molecular weight is 209 g/mol. The van der Waals surface area contributed by atoms with Crippen molar-refractivity contribution in [2.24, 2.45) is 13.0 Å². The maximum absolute atomic E-state index is 4.47. The topological polar surface area (TPSA) is 29.9 Å². The molecule has 0 amide bonds. The molecule has 0 bridgehead atoms. The summed E-state index contributed by atoms with van der Waals surface area (Å²) >= 11 is 0. The Hall–Kier alpha value is -0.830. The van der Waals surface area contributed by atoms with Crippen LogP contribution >= 0.6 is 0 Å². The van der Waals surface area contributed by atoms with E-state index in [4.69, 9.17) is 0 Å². The van der Waals surface area contributed by atoms with Crippen LogP contribution in [0.3, 0.4) is 0 Å². The molecular formula is C12H23N3. The van der Waals surface area contributed by atoms with Crippen molar-refractivity contribution in [1.82, 2.24) is 15.1 Å². The Labute approximate surface area is 92.9 Å². The third-order valence-corrected chi connectivity index (χ3v) is 3.40. The first kappa shape index (κ1) is 12.2. The minimum absolute atomic E-state index is 0.420.